The van der Waals surface area contributed by atoms with Crippen molar-refractivity contribution in [3.05, 3.63) is 95.3 Å². The number of hydrogen-bond acceptors (Lipinski definition) is 6. The van der Waals surface area contributed by atoms with Crippen molar-refractivity contribution in [2.75, 3.05) is 33.2 Å². The van der Waals surface area contributed by atoms with Gasteiger partial charge in [-0.15, -0.1) is 0 Å². The first kappa shape index (κ1) is 22.7. The molecule has 4 rings (SSSR count). The summed E-state index contributed by atoms with van der Waals surface area (Å²) >= 11 is 0. The number of hydrogen-bond donors (Lipinski definition) is 1. The molecule has 0 unspecified atom stereocenters. The van der Waals surface area contributed by atoms with Crippen LogP contribution in [0.1, 0.15) is 23.1 Å². The van der Waals surface area contributed by atoms with Crippen LogP contribution in [-0.2, 0) is 19.5 Å². The molecule has 172 valence electrons. The Morgan fingerprint density at radius 2 is 1.48 bits per heavy atom. The maximum absolute atomic E-state index is 6.08. The van der Waals surface area contributed by atoms with E-state index in [1.54, 1.807) is 20.4 Å². The zero-order chi connectivity index (χ0) is 23.0. The van der Waals surface area contributed by atoms with Crippen molar-refractivity contribution in [3.63, 3.8) is 0 Å². The van der Waals surface area contributed by atoms with Crippen molar-refractivity contribution in [1.82, 2.24) is 14.8 Å². The van der Waals surface area contributed by atoms with Crippen molar-refractivity contribution in [1.29, 1.82) is 0 Å². The Kier molecular flexibility index (Phi) is 7.47. The summed E-state index contributed by atoms with van der Waals surface area (Å²) in [6.07, 6.45) is 5.90. The second-order valence-electron chi connectivity index (χ2n) is 8.29. The quantitative estimate of drug-likeness (QED) is 0.525. The predicted octanol–water partition coefficient (Wildman–Crippen LogP) is 4.47. The van der Waals surface area contributed by atoms with Crippen LogP contribution in [0.15, 0.2) is 78.6 Å². The first-order chi connectivity index (χ1) is 16.1. The maximum Gasteiger partial charge on any atom is 0.126 e. The molecule has 3 aromatic rings. The van der Waals surface area contributed by atoms with E-state index in [2.05, 4.69) is 51.2 Å². The Morgan fingerprint density at radius 1 is 0.848 bits per heavy atom. The SMILES string of the molecule is COc1ccc(CN2CC=C(CCc3cccnc3N)N(Cc3ccc(OC)cc3)C2)cc1. The van der Waals surface area contributed by atoms with Crippen LogP contribution in [0, 0.1) is 0 Å². The van der Waals surface area contributed by atoms with Gasteiger partial charge >= 0.3 is 0 Å². The highest BCUT2D eigenvalue weighted by Gasteiger charge is 2.20. The normalized spacial score (nSPS) is 14.1. The van der Waals surface area contributed by atoms with E-state index >= 15 is 0 Å². The van der Waals surface area contributed by atoms with Crippen LogP contribution in [0.2, 0.25) is 0 Å². The minimum absolute atomic E-state index is 0.622. The molecule has 2 N–H and O–H groups in total. The molecule has 0 saturated carbocycles. The Hall–Kier alpha value is -3.51. The minimum atomic E-state index is 0.622. The van der Waals surface area contributed by atoms with Gasteiger partial charge in [0.05, 0.1) is 20.9 Å². The van der Waals surface area contributed by atoms with E-state index in [9.17, 15) is 0 Å². The fourth-order valence-corrected chi connectivity index (χ4v) is 4.15. The molecule has 0 bridgehead atoms. The summed E-state index contributed by atoms with van der Waals surface area (Å²) in [5.74, 6) is 2.38. The summed E-state index contributed by atoms with van der Waals surface area (Å²) in [5.41, 5.74) is 11.1. The van der Waals surface area contributed by atoms with Gasteiger partial charge in [-0.2, -0.15) is 0 Å². The average molecular weight is 445 g/mol. The van der Waals surface area contributed by atoms with E-state index in [1.807, 2.05) is 30.3 Å². The molecule has 1 aromatic heterocycles. The Labute approximate surface area is 196 Å². The second-order valence-corrected chi connectivity index (χ2v) is 8.29. The number of pyridine rings is 1. The molecule has 2 heterocycles. The molecular formula is C27H32N4O2. The summed E-state index contributed by atoms with van der Waals surface area (Å²) in [6, 6.07) is 20.6. The topological polar surface area (TPSA) is 63.8 Å². The second kappa shape index (κ2) is 10.9. The highest BCUT2D eigenvalue weighted by atomic mass is 16.5. The number of methoxy groups -OCH3 is 2. The number of nitrogens with zero attached hydrogens (tertiary/aromatic N) is 3. The van der Waals surface area contributed by atoms with Gasteiger partial charge < -0.3 is 20.1 Å². The van der Waals surface area contributed by atoms with E-state index in [-0.39, 0.29) is 0 Å². The molecule has 0 saturated heterocycles. The van der Waals surface area contributed by atoms with Crippen molar-refractivity contribution >= 4 is 5.82 Å². The van der Waals surface area contributed by atoms with E-state index < -0.39 is 0 Å². The van der Waals surface area contributed by atoms with Crippen LogP contribution in [0.25, 0.3) is 0 Å². The zero-order valence-corrected chi connectivity index (χ0v) is 19.4. The van der Waals surface area contributed by atoms with Gasteiger partial charge in [-0.25, -0.2) is 4.98 Å². The smallest absolute Gasteiger partial charge is 0.126 e. The van der Waals surface area contributed by atoms with Gasteiger partial charge in [0.25, 0.3) is 0 Å². The van der Waals surface area contributed by atoms with Crippen LogP contribution in [0.5, 0.6) is 11.5 Å². The van der Waals surface area contributed by atoms with Gasteiger partial charge in [-0.3, -0.25) is 4.90 Å². The van der Waals surface area contributed by atoms with Gasteiger partial charge in [-0.1, -0.05) is 36.4 Å². The largest absolute Gasteiger partial charge is 0.497 e. The maximum atomic E-state index is 6.08. The molecule has 0 radical (unpaired) electrons. The lowest BCUT2D eigenvalue weighted by Crippen LogP contribution is -2.41. The number of allylic oxidation sites excluding steroid dienone is 1. The van der Waals surface area contributed by atoms with Crippen LogP contribution in [-0.4, -0.2) is 42.2 Å². The molecule has 0 spiro atoms. The minimum Gasteiger partial charge on any atom is -0.497 e. The molecule has 0 atom stereocenters. The number of benzene rings is 2. The number of nitrogen functional groups attached to an aromatic ring is 1. The van der Waals surface area contributed by atoms with E-state index in [1.165, 1.54) is 16.8 Å². The lowest BCUT2D eigenvalue weighted by atomic mass is 10.1. The van der Waals surface area contributed by atoms with Crippen molar-refractivity contribution in [3.8, 4) is 11.5 Å². The lowest BCUT2D eigenvalue weighted by molar-refractivity contribution is 0.139. The molecular weight excluding hydrogens is 412 g/mol. The molecule has 1 aliphatic rings. The van der Waals surface area contributed by atoms with Gasteiger partial charge in [0.1, 0.15) is 17.3 Å². The van der Waals surface area contributed by atoms with Gasteiger partial charge in [0, 0.05) is 31.5 Å². The van der Waals surface area contributed by atoms with E-state index in [0.29, 0.717) is 5.82 Å². The molecule has 0 fully saturated rings. The summed E-state index contributed by atoms with van der Waals surface area (Å²) in [7, 11) is 3.39. The number of ether oxygens (including phenoxy) is 2. The molecule has 1 aliphatic heterocycles. The summed E-state index contributed by atoms with van der Waals surface area (Å²) in [6.45, 7) is 3.52. The average Bonchev–Trinajstić information content (AvgIpc) is 2.85. The van der Waals surface area contributed by atoms with Crippen molar-refractivity contribution in [2.24, 2.45) is 0 Å². The highest BCUT2D eigenvalue weighted by molar-refractivity contribution is 5.39. The fourth-order valence-electron chi connectivity index (χ4n) is 4.15. The van der Waals surface area contributed by atoms with Crippen LogP contribution >= 0.6 is 0 Å². The first-order valence-electron chi connectivity index (χ1n) is 11.3. The number of aromatic nitrogens is 1. The number of aryl methyl sites for hydroxylation is 1. The number of nitrogens with two attached hydrogens (primary N) is 1. The first-order valence-corrected chi connectivity index (χ1v) is 11.3. The van der Waals surface area contributed by atoms with Crippen molar-refractivity contribution < 1.29 is 9.47 Å². The fraction of sp³-hybridized carbons (Fsp3) is 0.296. The van der Waals surface area contributed by atoms with Crippen LogP contribution in [0.4, 0.5) is 5.82 Å². The van der Waals surface area contributed by atoms with Gasteiger partial charge in [0.2, 0.25) is 0 Å². The molecule has 0 amide bonds. The Bertz CT molecular complexity index is 1060. The van der Waals surface area contributed by atoms with E-state index in [0.717, 1.165) is 56.2 Å². The summed E-state index contributed by atoms with van der Waals surface area (Å²) in [4.78, 5) is 9.14. The van der Waals surface area contributed by atoms with Crippen LogP contribution < -0.4 is 15.2 Å². The Morgan fingerprint density at radius 3 is 2.09 bits per heavy atom. The molecule has 33 heavy (non-hydrogen) atoms. The third-order valence-electron chi connectivity index (χ3n) is 6.04. The third kappa shape index (κ3) is 6.05. The molecule has 6 nitrogen and oxygen atoms in total. The van der Waals surface area contributed by atoms with E-state index in [4.69, 9.17) is 15.2 Å². The zero-order valence-electron chi connectivity index (χ0n) is 19.4. The molecule has 0 aliphatic carbocycles. The monoisotopic (exact) mass is 444 g/mol. The van der Waals surface area contributed by atoms with Crippen LogP contribution in [0.3, 0.4) is 0 Å². The summed E-state index contributed by atoms with van der Waals surface area (Å²) < 4.78 is 10.6. The van der Waals surface area contributed by atoms with Gasteiger partial charge in [0.15, 0.2) is 0 Å². The summed E-state index contributed by atoms with van der Waals surface area (Å²) in [5, 5.41) is 0. The lowest BCUT2D eigenvalue weighted by Gasteiger charge is -2.38. The van der Waals surface area contributed by atoms with Crippen molar-refractivity contribution in [2.45, 2.75) is 25.9 Å². The standard InChI is InChI=1S/C27H32N4O2/c1-32-25-11-5-21(6-12-25)18-30-17-15-24(10-9-23-4-3-16-29-27(23)28)31(20-30)19-22-7-13-26(33-2)14-8-22/h3-8,11-16H,9-10,17-20H2,1-2H3,(H2,28,29). The van der Waals surface area contributed by atoms with Gasteiger partial charge in [-0.05, 0) is 59.9 Å². The highest BCUT2D eigenvalue weighted by Crippen LogP contribution is 2.24. The number of anilines is 1. The molecule has 2 aromatic carbocycles. The Balaban J connectivity index is 1.48. The molecule has 6 heteroatoms. The number of rotatable bonds is 9. The third-order valence-corrected chi connectivity index (χ3v) is 6.04. The predicted molar refractivity (Wildman–Crippen MR) is 132 cm³/mol.